The average molecular weight is 306 g/mol. The second kappa shape index (κ2) is 12.1. The molecule has 0 aliphatic rings. The van der Waals surface area contributed by atoms with Gasteiger partial charge in [0.1, 0.15) is 0 Å². The van der Waals surface area contributed by atoms with Crippen molar-refractivity contribution in [3.8, 4) is 0 Å². The van der Waals surface area contributed by atoms with E-state index in [2.05, 4.69) is 0 Å². The molecule has 9 heteroatoms. The summed E-state index contributed by atoms with van der Waals surface area (Å²) in [6.45, 7) is 0. The van der Waals surface area contributed by atoms with Crippen LogP contribution in [-0.2, 0) is 50.6 Å². The van der Waals surface area contributed by atoms with Gasteiger partial charge in [-0.1, -0.05) is 0 Å². The molecule has 0 aromatic rings. The molecule has 0 bridgehead atoms. The molecule has 0 aliphatic heterocycles. The first-order valence-electron chi connectivity index (χ1n) is 1.10. The van der Waals surface area contributed by atoms with Crippen molar-refractivity contribution in [2.75, 3.05) is 0 Å². The van der Waals surface area contributed by atoms with Gasteiger partial charge in [-0.15, -0.1) is 0 Å². The third kappa shape index (κ3) is 272. The Labute approximate surface area is 80.0 Å². The fourth-order valence-corrected chi connectivity index (χ4v) is 0. The maximum absolute atomic E-state index is 8.60. The Morgan fingerprint density at radius 1 is 0.778 bits per heavy atom. The van der Waals surface area contributed by atoms with E-state index in [0.29, 0.717) is 0 Å². The van der Waals surface area contributed by atoms with E-state index in [9.17, 15) is 0 Å². The summed E-state index contributed by atoms with van der Waals surface area (Å²) in [5.74, 6) is 0. The van der Waals surface area contributed by atoms with Crippen molar-refractivity contribution in [1.82, 2.24) is 0 Å². The molecule has 9 heavy (non-hydrogen) atoms. The molecular weight excluding hydrogens is 306 g/mol. The molecule has 0 N–H and O–H groups in total. The van der Waals surface area contributed by atoms with E-state index in [1.165, 1.54) is 0 Å². The maximum atomic E-state index is 8.60. The fourth-order valence-electron chi connectivity index (χ4n) is 0. The SMILES string of the molecule is [Mg+2].[O]=[Nb](=[O])[O-].[O]=[Nb](=[O])[O-]. The van der Waals surface area contributed by atoms with Crippen molar-refractivity contribution in [1.29, 1.82) is 0 Å². The Bertz CT molecular complexity index is 128. The van der Waals surface area contributed by atoms with E-state index >= 15 is 0 Å². The summed E-state index contributed by atoms with van der Waals surface area (Å²) in [6.07, 6.45) is 0. The van der Waals surface area contributed by atoms with Crippen LogP contribution in [0.1, 0.15) is 0 Å². The monoisotopic (exact) mass is 306 g/mol. The van der Waals surface area contributed by atoms with Crippen LogP contribution in [0.4, 0.5) is 0 Å². The molecule has 0 radical (unpaired) electrons. The second-order valence-corrected chi connectivity index (χ2v) is 2.65. The summed E-state index contributed by atoms with van der Waals surface area (Å²) in [5.41, 5.74) is 0. The molecule has 0 saturated carbocycles. The van der Waals surface area contributed by atoms with E-state index in [-0.39, 0.29) is 23.1 Å². The van der Waals surface area contributed by atoms with E-state index in [1.54, 1.807) is 0 Å². The summed E-state index contributed by atoms with van der Waals surface area (Å²) in [5, 5.41) is 0. The van der Waals surface area contributed by atoms with Crippen molar-refractivity contribution in [3.05, 3.63) is 0 Å². The van der Waals surface area contributed by atoms with Crippen LogP contribution in [0.25, 0.3) is 0 Å². The molecule has 0 aliphatic carbocycles. The Hall–Kier alpha value is 1.37. The van der Waals surface area contributed by atoms with Crippen molar-refractivity contribution >= 4 is 23.1 Å². The van der Waals surface area contributed by atoms with Crippen LogP contribution < -0.4 is 7.23 Å². The van der Waals surface area contributed by atoms with E-state index in [4.69, 9.17) is 20.2 Å². The van der Waals surface area contributed by atoms with Gasteiger partial charge in [0.15, 0.2) is 0 Å². The molecule has 0 unspecified atom stereocenters. The molecule has 0 saturated heterocycles. The van der Waals surface area contributed by atoms with Gasteiger partial charge in [-0.3, -0.25) is 0 Å². The molecule has 0 aromatic carbocycles. The zero-order valence-corrected chi connectivity index (χ0v) is 9.86. The first-order valence-corrected chi connectivity index (χ1v) is 6.48. The Balaban J connectivity index is -0.0000000720. The number of rotatable bonds is 0. The zero-order valence-electron chi connectivity index (χ0n) is 4.05. The third-order valence-electron chi connectivity index (χ3n) is 0. The topological polar surface area (TPSA) is 114 Å². The van der Waals surface area contributed by atoms with Gasteiger partial charge in [0.25, 0.3) is 0 Å². The summed E-state index contributed by atoms with van der Waals surface area (Å²) in [6, 6.07) is 0. The first kappa shape index (κ1) is 16.8. The van der Waals surface area contributed by atoms with E-state index in [1.807, 2.05) is 0 Å². The molecule has 48 valence electrons. The number of hydrogen-bond acceptors (Lipinski definition) is 6. The molecule has 0 spiro atoms. The minimum absolute atomic E-state index is 0. The van der Waals surface area contributed by atoms with Crippen molar-refractivity contribution in [3.63, 3.8) is 0 Å². The van der Waals surface area contributed by atoms with Crippen LogP contribution in [-0.4, -0.2) is 23.1 Å². The Kier molecular flexibility index (Phi) is 22.5. The summed E-state index contributed by atoms with van der Waals surface area (Å²) in [4.78, 5) is 0. The van der Waals surface area contributed by atoms with E-state index in [0.717, 1.165) is 0 Å². The van der Waals surface area contributed by atoms with Crippen LogP contribution in [0.5, 0.6) is 0 Å². The van der Waals surface area contributed by atoms with Gasteiger partial charge in [0.05, 0.1) is 0 Å². The van der Waals surface area contributed by atoms with Gasteiger partial charge in [0, 0.05) is 0 Å². The molecule has 0 fully saturated rings. The van der Waals surface area contributed by atoms with E-state index < -0.39 is 37.6 Å². The predicted molar refractivity (Wildman–Crippen MR) is 8.50 cm³/mol. The summed E-state index contributed by atoms with van der Waals surface area (Å²) < 4.78 is 51.6. The van der Waals surface area contributed by atoms with Crippen LogP contribution in [0.2, 0.25) is 0 Å². The first-order chi connectivity index (χ1) is 3.46. The number of hydrogen-bond donors (Lipinski definition) is 0. The Morgan fingerprint density at radius 3 is 0.778 bits per heavy atom. The molecule has 0 aromatic heterocycles. The third-order valence-corrected chi connectivity index (χ3v) is 0. The minimum atomic E-state index is -4.20. The molecular formula is MgNb2O6. The summed E-state index contributed by atoms with van der Waals surface area (Å²) >= 11 is -8.40. The molecule has 6 nitrogen and oxygen atoms in total. The van der Waals surface area contributed by atoms with Gasteiger partial charge in [-0.2, -0.15) is 0 Å². The van der Waals surface area contributed by atoms with Crippen molar-refractivity contribution < 1.29 is 57.8 Å². The zero-order chi connectivity index (χ0) is 7.15. The van der Waals surface area contributed by atoms with Gasteiger partial charge in [0.2, 0.25) is 0 Å². The van der Waals surface area contributed by atoms with Crippen molar-refractivity contribution in [2.24, 2.45) is 0 Å². The average Bonchev–Trinajstić information content (AvgIpc) is 1.25. The molecule has 0 atom stereocenters. The summed E-state index contributed by atoms with van der Waals surface area (Å²) in [7, 11) is 0. The molecule has 0 amide bonds. The normalized spacial score (nSPS) is 5.56. The molecule has 0 rings (SSSR count). The Morgan fingerprint density at radius 2 is 0.778 bits per heavy atom. The van der Waals surface area contributed by atoms with Gasteiger partial charge < -0.3 is 0 Å². The van der Waals surface area contributed by atoms with Crippen LogP contribution in [0.3, 0.4) is 0 Å². The van der Waals surface area contributed by atoms with Crippen LogP contribution >= 0.6 is 0 Å². The van der Waals surface area contributed by atoms with Crippen LogP contribution in [0.15, 0.2) is 0 Å². The second-order valence-electron chi connectivity index (χ2n) is 0.447. The van der Waals surface area contributed by atoms with Gasteiger partial charge in [-0.05, 0) is 0 Å². The van der Waals surface area contributed by atoms with Gasteiger partial charge in [-0.25, -0.2) is 0 Å². The standard InChI is InChI=1S/Mg.2Nb.6O/q+2;;;;;;;2*-1. The molecule has 0 heterocycles. The quantitative estimate of drug-likeness (QED) is 0.434. The van der Waals surface area contributed by atoms with Crippen molar-refractivity contribution in [2.45, 2.75) is 0 Å². The van der Waals surface area contributed by atoms with Gasteiger partial charge >= 0.3 is 80.9 Å². The fraction of sp³-hybridized carbons (Fsp3) is 0. The predicted octanol–water partition coefficient (Wildman–Crippen LogP) is -3.24. The van der Waals surface area contributed by atoms with Crippen LogP contribution in [0, 0.1) is 0 Å².